The van der Waals surface area contributed by atoms with Gasteiger partial charge in [-0.1, -0.05) is 0 Å². The average molecular weight is 335 g/mol. The largest absolute Gasteiger partial charge is 0.497 e. The van der Waals surface area contributed by atoms with E-state index in [0.29, 0.717) is 17.1 Å². The van der Waals surface area contributed by atoms with Crippen molar-refractivity contribution < 1.29 is 13.9 Å². The van der Waals surface area contributed by atoms with E-state index in [0.717, 1.165) is 16.0 Å². The van der Waals surface area contributed by atoms with E-state index in [1.54, 1.807) is 13.3 Å². The number of methoxy groups -OCH3 is 1. The number of pyridine rings is 1. The third-order valence-electron chi connectivity index (χ3n) is 2.68. The Morgan fingerprint density at radius 3 is 2.70 bits per heavy atom. The van der Waals surface area contributed by atoms with Crippen LogP contribution in [0.4, 0.5) is 0 Å². The van der Waals surface area contributed by atoms with Crippen LogP contribution in [0, 0.1) is 0 Å². The minimum atomic E-state index is 0.250. The fourth-order valence-corrected chi connectivity index (χ4v) is 2.03. The molecule has 3 aromatic rings. The van der Waals surface area contributed by atoms with Gasteiger partial charge in [0.2, 0.25) is 5.89 Å². The predicted molar refractivity (Wildman–Crippen MR) is 76.8 cm³/mol. The summed E-state index contributed by atoms with van der Waals surface area (Å²) in [6.07, 6.45) is 1.68. The fourth-order valence-electron chi connectivity index (χ4n) is 1.72. The van der Waals surface area contributed by atoms with Gasteiger partial charge in [-0.15, -0.1) is 0 Å². The summed E-state index contributed by atoms with van der Waals surface area (Å²) in [5, 5.41) is 0. The second-order valence-corrected chi connectivity index (χ2v) is 4.96. The lowest BCUT2D eigenvalue weighted by Crippen LogP contribution is -1.95. The van der Waals surface area contributed by atoms with Crippen LogP contribution in [0.3, 0.4) is 0 Å². The number of aromatic nitrogens is 2. The molecule has 3 rings (SSSR count). The van der Waals surface area contributed by atoms with Gasteiger partial charge in [0.1, 0.15) is 11.5 Å². The van der Waals surface area contributed by atoms with E-state index in [4.69, 9.17) is 13.9 Å². The molecule has 0 saturated heterocycles. The van der Waals surface area contributed by atoms with Crippen molar-refractivity contribution in [1.29, 1.82) is 0 Å². The molecule has 0 aliphatic carbocycles. The summed E-state index contributed by atoms with van der Waals surface area (Å²) in [7, 11) is 1.62. The maximum absolute atomic E-state index is 5.60. The summed E-state index contributed by atoms with van der Waals surface area (Å²) in [5.41, 5.74) is 1.20. The van der Waals surface area contributed by atoms with Gasteiger partial charge in [-0.25, -0.2) is 4.98 Å². The van der Waals surface area contributed by atoms with Crippen LogP contribution in [0.5, 0.6) is 11.5 Å². The van der Waals surface area contributed by atoms with Gasteiger partial charge < -0.3 is 13.9 Å². The first kappa shape index (κ1) is 12.9. The number of hydrogen-bond acceptors (Lipinski definition) is 5. The summed E-state index contributed by atoms with van der Waals surface area (Å²) in [4.78, 5) is 8.41. The molecule has 5 nitrogen and oxygen atoms in total. The Hall–Kier alpha value is -2.08. The highest BCUT2D eigenvalue weighted by Gasteiger charge is 2.08. The smallest absolute Gasteiger partial charge is 0.235 e. The van der Waals surface area contributed by atoms with E-state index in [9.17, 15) is 0 Å². The standard InChI is InChI=1S/C14H11BrN2O3/c1-18-10-2-4-11(5-3-10)19-8-13-17-14-12(20-13)6-9(15)7-16-14/h2-7H,8H2,1H3. The third-order valence-corrected chi connectivity index (χ3v) is 3.11. The quantitative estimate of drug-likeness (QED) is 0.729. The van der Waals surface area contributed by atoms with E-state index in [1.807, 2.05) is 30.3 Å². The van der Waals surface area contributed by atoms with Crippen LogP contribution >= 0.6 is 15.9 Å². The van der Waals surface area contributed by atoms with Crippen LogP contribution in [-0.2, 0) is 6.61 Å². The Morgan fingerprint density at radius 1 is 1.20 bits per heavy atom. The molecule has 0 spiro atoms. The van der Waals surface area contributed by atoms with E-state index < -0.39 is 0 Å². The van der Waals surface area contributed by atoms with E-state index >= 15 is 0 Å². The number of rotatable bonds is 4. The van der Waals surface area contributed by atoms with Gasteiger partial charge in [0.15, 0.2) is 17.8 Å². The molecule has 20 heavy (non-hydrogen) atoms. The topological polar surface area (TPSA) is 57.4 Å². The molecular weight excluding hydrogens is 324 g/mol. The van der Waals surface area contributed by atoms with Gasteiger partial charge in [0.05, 0.1) is 7.11 Å². The van der Waals surface area contributed by atoms with Crippen molar-refractivity contribution in [3.05, 3.63) is 46.9 Å². The average Bonchev–Trinajstić information content (AvgIpc) is 2.87. The molecule has 6 heteroatoms. The normalized spacial score (nSPS) is 10.7. The number of benzene rings is 1. The Labute approximate surface area is 123 Å². The summed E-state index contributed by atoms with van der Waals surface area (Å²) in [6, 6.07) is 9.15. The maximum atomic E-state index is 5.60. The van der Waals surface area contributed by atoms with Crippen LogP contribution in [0.25, 0.3) is 11.2 Å². The maximum Gasteiger partial charge on any atom is 0.235 e. The number of ether oxygens (including phenoxy) is 2. The highest BCUT2D eigenvalue weighted by Crippen LogP contribution is 2.21. The zero-order valence-corrected chi connectivity index (χ0v) is 12.3. The summed E-state index contributed by atoms with van der Waals surface area (Å²) in [5.74, 6) is 2.00. The van der Waals surface area contributed by atoms with Crippen molar-refractivity contribution in [3.8, 4) is 11.5 Å². The van der Waals surface area contributed by atoms with Gasteiger partial charge in [-0.2, -0.15) is 4.98 Å². The number of halogens is 1. The molecule has 0 radical (unpaired) electrons. The first-order valence-electron chi connectivity index (χ1n) is 5.92. The van der Waals surface area contributed by atoms with E-state index in [1.165, 1.54) is 0 Å². The highest BCUT2D eigenvalue weighted by atomic mass is 79.9. The molecule has 0 fully saturated rings. The van der Waals surface area contributed by atoms with Gasteiger partial charge in [-0.05, 0) is 40.2 Å². The lowest BCUT2D eigenvalue weighted by molar-refractivity contribution is 0.267. The molecule has 2 aromatic heterocycles. The minimum Gasteiger partial charge on any atom is -0.497 e. The van der Waals surface area contributed by atoms with Crippen LogP contribution < -0.4 is 9.47 Å². The zero-order valence-electron chi connectivity index (χ0n) is 10.7. The molecule has 0 saturated carbocycles. The second-order valence-electron chi connectivity index (χ2n) is 4.05. The Balaban J connectivity index is 1.72. The molecule has 102 valence electrons. The van der Waals surface area contributed by atoms with Crippen molar-refractivity contribution in [2.75, 3.05) is 7.11 Å². The van der Waals surface area contributed by atoms with Gasteiger partial charge in [-0.3, -0.25) is 0 Å². The first-order chi connectivity index (χ1) is 9.74. The summed E-state index contributed by atoms with van der Waals surface area (Å²) >= 11 is 3.34. The van der Waals surface area contributed by atoms with Crippen LogP contribution in [0.2, 0.25) is 0 Å². The number of fused-ring (bicyclic) bond motifs is 1. The summed E-state index contributed by atoms with van der Waals surface area (Å²) < 4.78 is 17.1. The lowest BCUT2D eigenvalue weighted by atomic mass is 10.3. The molecule has 0 bridgehead atoms. The SMILES string of the molecule is COc1ccc(OCc2nc3ncc(Br)cc3o2)cc1. The zero-order chi connectivity index (χ0) is 13.9. The van der Waals surface area contributed by atoms with E-state index in [-0.39, 0.29) is 6.61 Å². The Kier molecular flexibility index (Phi) is 3.56. The molecule has 0 N–H and O–H groups in total. The highest BCUT2D eigenvalue weighted by molar-refractivity contribution is 9.10. The van der Waals surface area contributed by atoms with Crippen molar-refractivity contribution in [2.24, 2.45) is 0 Å². The van der Waals surface area contributed by atoms with Gasteiger partial charge >= 0.3 is 0 Å². The van der Waals surface area contributed by atoms with Crippen LogP contribution in [0.1, 0.15) is 5.89 Å². The number of nitrogens with zero attached hydrogens (tertiary/aromatic N) is 2. The van der Waals surface area contributed by atoms with Crippen molar-refractivity contribution in [2.45, 2.75) is 6.61 Å². The van der Waals surface area contributed by atoms with Crippen molar-refractivity contribution >= 4 is 27.2 Å². The van der Waals surface area contributed by atoms with E-state index in [2.05, 4.69) is 25.9 Å². The first-order valence-corrected chi connectivity index (χ1v) is 6.72. The molecule has 1 aromatic carbocycles. The molecular formula is C14H11BrN2O3. The lowest BCUT2D eigenvalue weighted by Gasteiger charge is -2.04. The Bertz CT molecular complexity index is 725. The molecule has 0 unspecified atom stereocenters. The Morgan fingerprint density at radius 2 is 1.95 bits per heavy atom. The summed E-state index contributed by atoms with van der Waals surface area (Å²) in [6.45, 7) is 0.250. The molecule has 0 amide bonds. The van der Waals surface area contributed by atoms with Crippen molar-refractivity contribution in [3.63, 3.8) is 0 Å². The van der Waals surface area contributed by atoms with Gasteiger partial charge in [0, 0.05) is 16.7 Å². The second kappa shape index (κ2) is 5.50. The predicted octanol–water partition coefficient (Wildman–Crippen LogP) is 3.57. The van der Waals surface area contributed by atoms with Crippen molar-refractivity contribution in [1.82, 2.24) is 9.97 Å². The molecule has 0 aliphatic rings. The van der Waals surface area contributed by atoms with Crippen LogP contribution in [-0.4, -0.2) is 17.1 Å². The molecule has 0 atom stereocenters. The molecule has 0 aliphatic heterocycles. The number of hydrogen-bond donors (Lipinski definition) is 0. The molecule has 2 heterocycles. The fraction of sp³-hybridized carbons (Fsp3) is 0.143. The third kappa shape index (κ3) is 2.75. The van der Waals surface area contributed by atoms with Gasteiger partial charge in [0.25, 0.3) is 0 Å². The monoisotopic (exact) mass is 334 g/mol. The van der Waals surface area contributed by atoms with Crippen LogP contribution in [0.15, 0.2) is 45.4 Å². The number of oxazole rings is 1. The minimum absolute atomic E-state index is 0.250.